The van der Waals surface area contributed by atoms with Crippen LogP contribution in [-0.2, 0) is 11.8 Å². The maximum Gasteiger partial charge on any atom is 0.0537 e. The summed E-state index contributed by atoms with van der Waals surface area (Å²) in [4.78, 5) is 2.63. The average molecular weight is 709 g/mol. The van der Waals surface area contributed by atoms with E-state index in [4.69, 9.17) is 0 Å². The lowest BCUT2D eigenvalue weighted by molar-refractivity contribution is 0.521. The minimum absolute atomic E-state index is 0.202. The van der Waals surface area contributed by atoms with Gasteiger partial charge in [-0.2, -0.15) is 0 Å². The SMILES string of the molecule is CC12C=CC=C3C=c4ccccc4=C(c4cccc(N(C5=Cc6c(c7ccccc7n6-c6ccccc6)CC5)c5ccc6sc7ccccc7c6c5)c41)C32. The van der Waals surface area contributed by atoms with Crippen molar-refractivity contribution in [3.05, 3.63) is 202 Å². The lowest BCUT2D eigenvalue weighted by atomic mass is 9.67. The van der Waals surface area contributed by atoms with Crippen molar-refractivity contribution in [1.82, 2.24) is 4.57 Å². The van der Waals surface area contributed by atoms with Crippen LogP contribution in [0.15, 0.2) is 169 Å². The highest BCUT2D eigenvalue weighted by Crippen LogP contribution is 2.59. The Kier molecular flexibility index (Phi) is 6.28. The van der Waals surface area contributed by atoms with Crippen molar-refractivity contribution in [3.8, 4) is 5.69 Å². The van der Waals surface area contributed by atoms with Crippen molar-refractivity contribution in [2.75, 3.05) is 4.90 Å². The van der Waals surface area contributed by atoms with Crippen LogP contribution in [0.3, 0.4) is 0 Å². The van der Waals surface area contributed by atoms with Crippen LogP contribution in [-0.4, -0.2) is 4.57 Å². The quantitative estimate of drug-likeness (QED) is 0.177. The smallest absolute Gasteiger partial charge is 0.0537 e. The van der Waals surface area contributed by atoms with Crippen LogP contribution < -0.4 is 15.3 Å². The first kappa shape index (κ1) is 30.3. The summed E-state index contributed by atoms with van der Waals surface area (Å²) in [6, 6.07) is 51.9. The van der Waals surface area contributed by atoms with E-state index in [1.807, 2.05) is 11.3 Å². The van der Waals surface area contributed by atoms with E-state index in [9.17, 15) is 0 Å². The van der Waals surface area contributed by atoms with Gasteiger partial charge in [0.25, 0.3) is 0 Å². The van der Waals surface area contributed by atoms with Crippen molar-refractivity contribution in [1.29, 1.82) is 0 Å². The van der Waals surface area contributed by atoms with E-state index in [0.717, 1.165) is 12.8 Å². The van der Waals surface area contributed by atoms with Gasteiger partial charge in [-0.15, -0.1) is 11.3 Å². The molecule has 2 heterocycles. The van der Waals surface area contributed by atoms with Gasteiger partial charge >= 0.3 is 0 Å². The normalized spacial score (nSPS) is 19.2. The number of anilines is 2. The van der Waals surface area contributed by atoms with Crippen molar-refractivity contribution < 1.29 is 0 Å². The van der Waals surface area contributed by atoms with Crippen LogP contribution in [0.25, 0.3) is 54.5 Å². The number of allylic oxidation sites excluding steroid dienone is 5. The van der Waals surface area contributed by atoms with E-state index in [1.54, 1.807) is 0 Å². The first-order valence-corrected chi connectivity index (χ1v) is 19.9. The molecule has 0 bridgehead atoms. The van der Waals surface area contributed by atoms with Gasteiger partial charge in [-0.25, -0.2) is 0 Å². The van der Waals surface area contributed by atoms with Crippen molar-refractivity contribution in [3.63, 3.8) is 0 Å². The Morgan fingerprint density at radius 3 is 2.43 bits per heavy atom. The van der Waals surface area contributed by atoms with E-state index in [0.29, 0.717) is 0 Å². The highest BCUT2D eigenvalue weighted by atomic mass is 32.1. The summed E-state index contributed by atoms with van der Waals surface area (Å²) in [5.74, 6) is 0.270. The summed E-state index contributed by atoms with van der Waals surface area (Å²) >= 11 is 1.89. The molecule has 2 unspecified atom stereocenters. The van der Waals surface area contributed by atoms with Crippen LogP contribution in [0.4, 0.5) is 11.4 Å². The van der Waals surface area contributed by atoms with Crippen LogP contribution >= 0.6 is 11.3 Å². The third-order valence-corrected chi connectivity index (χ3v) is 13.7. The number of hydrogen-bond donors (Lipinski definition) is 0. The maximum atomic E-state index is 2.63. The third-order valence-electron chi connectivity index (χ3n) is 12.5. The zero-order valence-corrected chi connectivity index (χ0v) is 30.8. The fourth-order valence-electron chi connectivity index (χ4n) is 10.3. The Morgan fingerprint density at radius 1 is 0.704 bits per heavy atom. The molecule has 0 aliphatic heterocycles. The predicted molar refractivity (Wildman–Crippen MR) is 228 cm³/mol. The number of benzene rings is 6. The number of nitrogens with zero attached hydrogens (tertiary/aromatic N) is 2. The number of thiophene rings is 1. The van der Waals surface area contributed by atoms with Crippen molar-refractivity contribution in [2.24, 2.45) is 5.92 Å². The zero-order valence-electron chi connectivity index (χ0n) is 30.0. The van der Waals surface area contributed by atoms with Gasteiger partial charge in [0.15, 0.2) is 0 Å². The van der Waals surface area contributed by atoms with Crippen LogP contribution in [0.2, 0.25) is 0 Å². The Balaban J connectivity index is 1.16. The molecule has 0 saturated carbocycles. The molecule has 0 radical (unpaired) electrons. The van der Waals surface area contributed by atoms with Crippen molar-refractivity contribution >= 4 is 71.5 Å². The van der Waals surface area contributed by atoms with E-state index in [2.05, 4.69) is 186 Å². The van der Waals surface area contributed by atoms with Gasteiger partial charge in [-0.05, 0) is 106 Å². The van der Waals surface area contributed by atoms with Gasteiger partial charge in [0.2, 0.25) is 0 Å². The summed E-state index contributed by atoms with van der Waals surface area (Å²) in [5.41, 5.74) is 14.4. The van der Waals surface area contributed by atoms with Gasteiger partial charge in [0.1, 0.15) is 0 Å². The van der Waals surface area contributed by atoms with Crippen LogP contribution in [0.1, 0.15) is 35.7 Å². The highest BCUT2D eigenvalue weighted by molar-refractivity contribution is 7.25. The van der Waals surface area contributed by atoms with Gasteiger partial charge in [0, 0.05) is 54.0 Å². The topological polar surface area (TPSA) is 8.17 Å². The molecular formula is C51H36N2S. The summed E-state index contributed by atoms with van der Waals surface area (Å²) in [6.45, 7) is 2.48. The molecule has 2 atom stereocenters. The van der Waals surface area contributed by atoms with Crippen molar-refractivity contribution in [2.45, 2.75) is 25.2 Å². The second kappa shape index (κ2) is 11.2. The molecule has 0 spiro atoms. The number of aryl methyl sites for hydroxylation is 1. The first-order chi connectivity index (χ1) is 26.7. The molecule has 256 valence electrons. The molecule has 0 amide bonds. The standard InChI is InChI=1S/C51H36N2S/c1-51-28-12-14-33-29-32-13-5-6-17-37(32)48(49(33)51)41-20-11-22-44(50(41)51)52(35-25-27-47-42(30-35)40-19-8-10-23-46(40)54-47)36-24-26-39-38-18-7-9-21-43(38)53(45(39)31-36)34-15-3-2-4-16-34/h2-23,25,27-31,49H,24,26H2,1H3. The monoisotopic (exact) mass is 708 g/mol. The molecule has 54 heavy (non-hydrogen) atoms. The predicted octanol–water partition coefficient (Wildman–Crippen LogP) is 11.5. The van der Waals surface area contributed by atoms with Gasteiger partial charge in [0.05, 0.1) is 16.9 Å². The molecule has 4 aliphatic rings. The van der Waals surface area contributed by atoms with Gasteiger partial charge < -0.3 is 9.47 Å². The zero-order chi connectivity index (χ0) is 35.5. The molecule has 0 N–H and O–H groups in total. The van der Waals surface area contributed by atoms with E-state index in [-0.39, 0.29) is 11.3 Å². The average Bonchev–Trinajstić information content (AvgIpc) is 3.85. The second-order valence-electron chi connectivity index (χ2n) is 15.4. The fraction of sp³-hybridized carbons (Fsp3) is 0.0980. The Hall–Kier alpha value is -6.16. The Morgan fingerprint density at radius 2 is 1.50 bits per heavy atom. The summed E-state index contributed by atoms with van der Waals surface area (Å²) < 4.78 is 5.14. The molecule has 6 aromatic carbocycles. The molecule has 0 saturated heterocycles. The highest BCUT2D eigenvalue weighted by Gasteiger charge is 2.50. The maximum absolute atomic E-state index is 2.63. The number of aromatic nitrogens is 1. The van der Waals surface area contributed by atoms with E-state index < -0.39 is 0 Å². The molecule has 2 aromatic heterocycles. The lowest BCUT2D eigenvalue weighted by Crippen LogP contribution is -2.38. The molecule has 0 fully saturated rings. The Labute approximate surface area is 318 Å². The summed E-state index contributed by atoms with van der Waals surface area (Å²) in [7, 11) is 0. The molecular weight excluding hydrogens is 673 g/mol. The largest absolute Gasteiger partial charge is 0.314 e. The summed E-state index contributed by atoms with van der Waals surface area (Å²) in [5, 5.41) is 6.67. The van der Waals surface area contributed by atoms with E-state index >= 15 is 0 Å². The van der Waals surface area contributed by atoms with Crippen LogP contribution in [0.5, 0.6) is 0 Å². The molecule has 12 rings (SSSR count). The molecule has 8 aromatic rings. The van der Waals surface area contributed by atoms with Crippen LogP contribution in [0, 0.1) is 5.92 Å². The van der Waals surface area contributed by atoms with Gasteiger partial charge in [-0.3, -0.25) is 0 Å². The number of rotatable bonds is 4. The minimum atomic E-state index is -0.202. The molecule has 3 heteroatoms. The number of para-hydroxylation sites is 2. The van der Waals surface area contributed by atoms with Gasteiger partial charge in [-0.1, -0.05) is 122 Å². The Bertz CT molecular complexity index is 3130. The minimum Gasteiger partial charge on any atom is -0.314 e. The lowest BCUT2D eigenvalue weighted by Gasteiger charge is -2.38. The van der Waals surface area contributed by atoms with E-state index in [1.165, 1.54) is 97.8 Å². The molecule has 4 aliphatic carbocycles. The second-order valence-corrected chi connectivity index (χ2v) is 16.5. The fourth-order valence-corrected chi connectivity index (χ4v) is 11.4. The number of hydrogen-bond acceptors (Lipinski definition) is 2. The first-order valence-electron chi connectivity index (χ1n) is 19.1. The molecule has 2 nitrogen and oxygen atoms in total. The number of fused-ring (bicyclic) bond motifs is 10. The summed E-state index contributed by atoms with van der Waals surface area (Å²) in [6.07, 6.45) is 14.0. The third kappa shape index (κ3) is 4.11.